The highest BCUT2D eigenvalue weighted by Crippen LogP contribution is 2.20. The Balaban J connectivity index is 2.15. The first-order chi connectivity index (χ1) is 12.9. The summed E-state index contributed by atoms with van der Waals surface area (Å²) in [5.41, 5.74) is 1.85. The molecule has 0 amide bonds. The number of methoxy groups -OCH3 is 1. The second-order valence-electron chi connectivity index (χ2n) is 6.93. The van der Waals surface area contributed by atoms with Crippen molar-refractivity contribution in [3.8, 4) is 0 Å². The number of aliphatic hydroxyl groups is 1. The molecule has 2 rings (SSSR count). The summed E-state index contributed by atoms with van der Waals surface area (Å²) in [6.07, 6.45) is 1.16. The van der Waals surface area contributed by atoms with E-state index < -0.39 is 6.10 Å². The van der Waals surface area contributed by atoms with Crippen LogP contribution in [0.3, 0.4) is 0 Å². The summed E-state index contributed by atoms with van der Waals surface area (Å²) >= 11 is 6.41. The molecule has 6 nitrogen and oxygen atoms in total. The zero-order valence-corrected chi connectivity index (χ0v) is 17.2. The molecule has 1 aromatic heterocycles. The second kappa shape index (κ2) is 10.6. The molecule has 0 bridgehead atoms. The van der Waals surface area contributed by atoms with Gasteiger partial charge in [-0.1, -0.05) is 41.9 Å². The maximum atomic E-state index is 10.2. The van der Waals surface area contributed by atoms with Crippen molar-refractivity contribution in [2.24, 2.45) is 0 Å². The first-order valence-electron chi connectivity index (χ1n) is 9.08. The average Bonchev–Trinajstić information content (AvgIpc) is 2.63. The Hall–Kier alpha value is -1.73. The second-order valence-corrected chi connectivity index (χ2v) is 7.29. The van der Waals surface area contributed by atoms with Crippen molar-refractivity contribution >= 4 is 17.4 Å². The van der Waals surface area contributed by atoms with Crippen molar-refractivity contribution in [1.29, 1.82) is 0 Å². The third-order valence-corrected chi connectivity index (χ3v) is 4.68. The van der Waals surface area contributed by atoms with Gasteiger partial charge in [-0.2, -0.15) is 0 Å². The Kier molecular flexibility index (Phi) is 8.44. The summed E-state index contributed by atoms with van der Waals surface area (Å²) < 4.78 is 5.06. The molecule has 0 aliphatic heterocycles. The van der Waals surface area contributed by atoms with Gasteiger partial charge in [0.25, 0.3) is 0 Å². The fourth-order valence-electron chi connectivity index (χ4n) is 2.70. The van der Waals surface area contributed by atoms with Gasteiger partial charge in [-0.3, -0.25) is 9.88 Å². The topological polar surface area (TPSA) is 61.7 Å². The number of ether oxygens (including phenoxy) is 1. The van der Waals surface area contributed by atoms with Crippen molar-refractivity contribution in [1.82, 2.24) is 14.9 Å². The average molecular weight is 393 g/mol. The van der Waals surface area contributed by atoms with Gasteiger partial charge in [0.05, 0.1) is 24.6 Å². The highest BCUT2D eigenvalue weighted by Gasteiger charge is 2.17. The SMILES string of the molecule is COCC(O)CN(Cc1ccccc1)Cc1ncc(N(C)C(C)C)nc1Cl. The van der Waals surface area contributed by atoms with E-state index in [0.29, 0.717) is 36.5 Å². The first kappa shape index (κ1) is 21.6. The molecule has 7 heteroatoms. The zero-order valence-electron chi connectivity index (χ0n) is 16.5. The monoisotopic (exact) mass is 392 g/mol. The van der Waals surface area contributed by atoms with Crippen LogP contribution < -0.4 is 4.90 Å². The number of rotatable bonds is 10. The number of aliphatic hydroxyl groups excluding tert-OH is 1. The van der Waals surface area contributed by atoms with Gasteiger partial charge >= 0.3 is 0 Å². The van der Waals surface area contributed by atoms with Crippen LogP contribution >= 0.6 is 11.6 Å². The molecule has 0 aliphatic rings. The lowest BCUT2D eigenvalue weighted by molar-refractivity contribution is 0.0335. The Morgan fingerprint density at radius 2 is 1.89 bits per heavy atom. The molecular weight excluding hydrogens is 364 g/mol. The number of nitrogens with zero attached hydrogens (tertiary/aromatic N) is 4. The van der Waals surface area contributed by atoms with E-state index in [9.17, 15) is 5.11 Å². The number of halogens is 1. The lowest BCUT2D eigenvalue weighted by atomic mass is 10.2. The number of aromatic nitrogens is 2. The van der Waals surface area contributed by atoms with Crippen LogP contribution in [-0.4, -0.2) is 59.4 Å². The fraction of sp³-hybridized carbons (Fsp3) is 0.500. The molecule has 2 aromatic rings. The van der Waals surface area contributed by atoms with E-state index in [1.165, 1.54) is 0 Å². The third-order valence-electron chi connectivity index (χ3n) is 4.37. The molecule has 1 aromatic carbocycles. The Morgan fingerprint density at radius 3 is 2.48 bits per heavy atom. The van der Waals surface area contributed by atoms with Gasteiger partial charge in [0, 0.05) is 39.8 Å². The summed E-state index contributed by atoms with van der Waals surface area (Å²) in [5.74, 6) is 0.743. The zero-order chi connectivity index (χ0) is 19.8. The summed E-state index contributed by atoms with van der Waals surface area (Å²) in [4.78, 5) is 13.1. The molecule has 0 spiro atoms. The van der Waals surface area contributed by atoms with Crippen LogP contribution in [0, 0.1) is 0 Å². The summed E-state index contributed by atoms with van der Waals surface area (Å²) in [6.45, 7) is 6.07. The summed E-state index contributed by atoms with van der Waals surface area (Å²) in [5, 5.41) is 10.6. The Labute approximate surface area is 166 Å². The van der Waals surface area contributed by atoms with E-state index in [1.54, 1.807) is 13.3 Å². The number of hydrogen-bond acceptors (Lipinski definition) is 6. The van der Waals surface area contributed by atoms with Crippen LogP contribution in [0.4, 0.5) is 5.82 Å². The van der Waals surface area contributed by atoms with Crippen molar-refractivity contribution in [3.05, 3.63) is 52.9 Å². The standard InChI is InChI=1S/C20H29ClN4O2/c1-15(2)24(3)19-10-22-18(20(21)23-19)13-25(12-17(26)14-27-4)11-16-8-6-5-7-9-16/h5-10,15,17,26H,11-14H2,1-4H3. The molecule has 0 fully saturated rings. The fourth-order valence-corrected chi connectivity index (χ4v) is 2.90. The van der Waals surface area contributed by atoms with Gasteiger partial charge in [0.1, 0.15) is 5.82 Å². The van der Waals surface area contributed by atoms with E-state index in [4.69, 9.17) is 16.3 Å². The van der Waals surface area contributed by atoms with Crippen LogP contribution in [0.15, 0.2) is 36.5 Å². The van der Waals surface area contributed by atoms with Crippen molar-refractivity contribution in [2.75, 3.05) is 32.2 Å². The van der Waals surface area contributed by atoms with Gasteiger partial charge in [0.2, 0.25) is 0 Å². The Morgan fingerprint density at radius 1 is 1.19 bits per heavy atom. The van der Waals surface area contributed by atoms with Crippen LogP contribution in [0.25, 0.3) is 0 Å². The van der Waals surface area contributed by atoms with E-state index in [1.807, 2.05) is 30.1 Å². The molecular formula is C20H29ClN4O2. The first-order valence-corrected chi connectivity index (χ1v) is 9.46. The smallest absolute Gasteiger partial charge is 0.154 e. The molecule has 1 heterocycles. The largest absolute Gasteiger partial charge is 0.389 e. The maximum Gasteiger partial charge on any atom is 0.154 e. The van der Waals surface area contributed by atoms with Crippen LogP contribution in [0.1, 0.15) is 25.1 Å². The molecule has 0 aliphatic carbocycles. The van der Waals surface area contributed by atoms with Gasteiger partial charge < -0.3 is 14.7 Å². The van der Waals surface area contributed by atoms with Crippen molar-refractivity contribution < 1.29 is 9.84 Å². The summed E-state index contributed by atoms with van der Waals surface area (Å²) in [6, 6.07) is 10.4. The predicted octanol–water partition coefficient (Wildman–Crippen LogP) is 2.98. The molecule has 27 heavy (non-hydrogen) atoms. The lowest BCUT2D eigenvalue weighted by Crippen LogP contribution is -2.34. The minimum Gasteiger partial charge on any atom is -0.389 e. The van der Waals surface area contributed by atoms with Crippen LogP contribution in [0.2, 0.25) is 5.15 Å². The quantitative estimate of drug-likeness (QED) is 0.670. The molecule has 1 N–H and O–H groups in total. The normalized spacial score (nSPS) is 12.6. The van der Waals surface area contributed by atoms with Gasteiger partial charge in [-0.05, 0) is 19.4 Å². The van der Waals surface area contributed by atoms with Crippen molar-refractivity contribution in [2.45, 2.75) is 39.1 Å². The molecule has 1 atom stereocenters. The van der Waals surface area contributed by atoms with Gasteiger partial charge in [0.15, 0.2) is 5.15 Å². The van der Waals surface area contributed by atoms with E-state index in [0.717, 1.165) is 11.4 Å². The highest BCUT2D eigenvalue weighted by molar-refractivity contribution is 6.30. The highest BCUT2D eigenvalue weighted by atomic mass is 35.5. The molecule has 0 saturated carbocycles. The van der Waals surface area contributed by atoms with Gasteiger partial charge in [-0.25, -0.2) is 4.98 Å². The van der Waals surface area contributed by atoms with Crippen LogP contribution in [-0.2, 0) is 17.8 Å². The third kappa shape index (κ3) is 6.74. The molecule has 0 saturated heterocycles. The van der Waals surface area contributed by atoms with E-state index in [-0.39, 0.29) is 6.61 Å². The molecule has 1 unspecified atom stereocenters. The van der Waals surface area contributed by atoms with E-state index >= 15 is 0 Å². The predicted molar refractivity (Wildman–Crippen MR) is 109 cm³/mol. The minimum absolute atomic E-state index is 0.281. The molecule has 148 valence electrons. The van der Waals surface area contributed by atoms with E-state index in [2.05, 4.69) is 40.8 Å². The minimum atomic E-state index is -0.586. The number of anilines is 1. The maximum absolute atomic E-state index is 10.2. The van der Waals surface area contributed by atoms with Gasteiger partial charge in [-0.15, -0.1) is 0 Å². The van der Waals surface area contributed by atoms with Crippen LogP contribution in [0.5, 0.6) is 0 Å². The van der Waals surface area contributed by atoms with Crippen molar-refractivity contribution in [3.63, 3.8) is 0 Å². The molecule has 0 radical (unpaired) electrons. The Bertz CT molecular complexity index is 700. The lowest BCUT2D eigenvalue weighted by Gasteiger charge is -2.26. The summed E-state index contributed by atoms with van der Waals surface area (Å²) in [7, 11) is 3.55. The number of benzene rings is 1. The number of hydrogen-bond donors (Lipinski definition) is 1.